The number of hydrogen-bond donors (Lipinski definition) is 1. The minimum Gasteiger partial charge on any atom is -0.350 e. The van der Waals surface area contributed by atoms with Gasteiger partial charge >= 0.3 is 0 Å². The average molecular weight is 436 g/mol. The summed E-state index contributed by atoms with van der Waals surface area (Å²) in [4.78, 5) is 26.6. The molecule has 1 unspecified atom stereocenters. The number of nitrogens with one attached hydrogen (secondary N) is 1. The van der Waals surface area contributed by atoms with E-state index in [9.17, 15) is 18.0 Å². The van der Waals surface area contributed by atoms with E-state index in [1.807, 2.05) is 49.3 Å². The molecule has 7 nitrogen and oxygen atoms in total. The lowest BCUT2D eigenvalue weighted by Crippen LogP contribution is -2.34. The third kappa shape index (κ3) is 4.60. The van der Waals surface area contributed by atoms with Crippen LogP contribution in [0, 0.1) is 0 Å². The molecule has 0 aromatic heterocycles. The second-order valence-corrected chi connectivity index (χ2v) is 9.33. The van der Waals surface area contributed by atoms with Gasteiger partial charge in [0.2, 0.25) is 15.9 Å². The maximum atomic E-state index is 12.6. The van der Waals surface area contributed by atoms with Gasteiger partial charge in [-0.15, -0.1) is 0 Å². The van der Waals surface area contributed by atoms with Crippen molar-refractivity contribution >= 4 is 39.1 Å². The smallest absolute Gasteiger partial charge is 0.252 e. The lowest BCUT2D eigenvalue weighted by molar-refractivity contribution is -0.116. The standard InChI is InChI=1S/C20H22ClN3O4S/c1-23(2)18(14-6-4-3-5-7-14)13-22-20(26)16-9-8-15(12-17(16)21)24-19(25)10-11-29(24,27)28/h3-9,12,18H,10-11,13H2,1-2H3,(H,22,26). The lowest BCUT2D eigenvalue weighted by Gasteiger charge is -2.25. The maximum Gasteiger partial charge on any atom is 0.252 e. The number of hydrogen-bond acceptors (Lipinski definition) is 5. The highest BCUT2D eigenvalue weighted by Crippen LogP contribution is 2.29. The minimum absolute atomic E-state index is 0.0226. The summed E-state index contributed by atoms with van der Waals surface area (Å²) >= 11 is 6.23. The van der Waals surface area contributed by atoms with Crippen LogP contribution in [0.1, 0.15) is 28.4 Å². The van der Waals surface area contributed by atoms with Crippen LogP contribution >= 0.6 is 11.6 Å². The Kier molecular flexibility index (Phi) is 6.26. The zero-order valence-electron chi connectivity index (χ0n) is 16.1. The van der Waals surface area contributed by atoms with Gasteiger partial charge in [0.15, 0.2) is 0 Å². The molecule has 0 aliphatic carbocycles. The van der Waals surface area contributed by atoms with Crippen molar-refractivity contribution in [2.45, 2.75) is 12.5 Å². The molecule has 1 atom stereocenters. The highest BCUT2D eigenvalue weighted by Gasteiger charge is 2.36. The highest BCUT2D eigenvalue weighted by atomic mass is 35.5. The summed E-state index contributed by atoms with van der Waals surface area (Å²) in [5.74, 6) is -1.10. The zero-order valence-corrected chi connectivity index (χ0v) is 17.7. The van der Waals surface area contributed by atoms with Crippen LogP contribution in [0.3, 0.4) is 0 Å². The number of carbonyl (C=O) groups is 2. The minimum atomic E-state index is -3.68. The van der Waals surface area contributed by atoms with E-state index in [-0.39, 0.29) is 40.4 Å². The summed E-state index contributed by atoms with van der Waals surface area (Å²) in [6, 6.07) is 14.0. The molecule has 1 fully saturated rings. The Labute approximate surface area is 175 Å². The van der Waals surface area contributed by atoms with Gasteiger partial charge in [-0.2, -0.15) is 0 Å². The molecule has 0 bridgehead atoms. The van der Waals surface area contributed by atoms with E-state index in [0.717, 1.165) is 9.87 Å². The SMILES string of the molecule is CN(C)C(CNC(=O)c1ccc(N2C(=O)CCS2(=O)=O)cc1Cl)c1ccccc1. The number of rotatable bonds is 6. The second kappa shape index (κ2) is 8.52. The largest absolute Gasteiger partial charge is 0.350 e. The summed E-state index contributed by atoms with van der Waals surface area (Å²) in [6.07, 6.45) is -0.0619. The summed E-state index contributed by atoms with van der Waals surface area (Å²) in [7, 11) is 0.178. The van der Waals surface area contributed by atoms with Gasteiger partial charge < -0.3 is 10.2 Å². The van der Waals surface area contributed by atoms with Crippen LogP contribution in [-0.4, -0.2) is 51.5 Å². The van der Waals surface area contributed by atoms with E-state index in [4.69, 9.17) is 11.6 Å². The zero-order chi connectivity index (χ0) is 21.2. The van der Waals surface area contributed by atoms with Gasteiger partial charge in [0.05, 0.1) is 28.1 Å². The molecule has 2 aromatic carbocycles. The molecular weight excluding hydrogens is 414 g/mol. The van der Waals surface area contributed by atoms with Crippen LogP contribution in [0.5, 0.6) is 0 Å². The fraction of sp³-hybridized carbons (Fsp3) is 0.300. The van der Waals surface area contributed by atoms with E-state index < -0.39 is 15.9 Å². The normalized spacial score (nSPS) is 16.8. The Hall–Kier alpha value is -2.42. The second-order valence-electron chi connectivity index (χ2n) is 6.99. The first-order chi connectivity index (χ1) is 13.7. The maximum absolute atomic E-state index is 12.6. The van der Waals surface area contributed by atoms with E-state index >= 15 is 0 Å². The number of sulfonamides is 1. The molecule has 1 saturated heterocycles. The molecule has 2 amide bonds. The average Bonchev–Trinajstić information content (AvgIpc) is 2.94. The Morgan fingerprint density at radius 2 is 1.90 bits per heavy atom. The number of amides is 2. The first kappa shape index (κ1) is 21.3. The topological polar surface area (TPSA) is 86.8 Å². The Morgan fingerprint density at radius 1 is 1.21 bits per heavy atom. The van der Waals surface area contributed by atoms with Crippen LogP contribution in [0.4, 0.5) is 5.69 Å². The molecule has 1 heterocycles. The molecular formula is C20H22ClN3O4S. The molecule has 0 saturated carbocycles. The molecule has 0 spiro atoms. The van der Waals surface area contributed by atoms with Gasteiger partial charge in [-0.1, -0.05) is 41.9 Å². The van der Waals surface area contributed by atoms with Crippen molar-refractivity contribution in [2.75, 3.05) is 30.7 Å². The van der Waals surface area contributed by atoms with Crippen molar-refractivity contribution in [1.29, 1.82) is 0 Å². The number of carbonyl (C=O) groups excluding carboxylic acids is 2. The predicted octanol–water partition coefficient (Wildman–Crippen LogP) is 2.44. The summed E-state index contributed by atoms with van der Waals surface area (Å²) in [6.45, 7) is 0.368. The monoisotopic (exact) mass is 435 g/mol. The molecule has 29 heavy (non-hydrogen) atoms. The van der Waals surface area contributed by atoms with Crippen LogP contribution in [0.25, 0.3) is 0 Å². The summed E-state index contributed by atoms with van der Waals surface area (Å²) < 4.78 is 24.9. The molecule has 0 radical (unpaired) electrons. The third-order valence-corrected chi connectivity index (χ3v) is 6.78. The summed E-state index contributed by atoms with van der Waals surface area (Å²) in [5, 5.41) is 2.95. The number of anilines is 1. The highest BCUT2D eigenvalue weighted by molar-refractivity contribution is 7.94. The fourth-order valence-electron chi connectivity index (χ4n) is 3.24. The Morgan fingerprint density at radius 3 is 2.45 bits per heavy atom. The van der Waals surface area contributed by atoms with Crippen molar-refractivity contribution in [3.05, 3.63) is 64.7 Å². The van der Waals surface area contributed by atoms with Crippen molar-refractivity contribution in [1.82, 2.24) is 10.2 Å². The molecule has 9 heteroatoms. The van der Waals surface area contributed by atoms with Crippen LogP contribution in [0.15, 0.2) is 48.5 Å². The van der Waals surface area contributed by atoms with E-state index in [1.165, 1.54) is 18.2 Å². The Bertz CT molecular complexity index is 1030. The number of benzene rings is 2. The van der Waals surface area contributed by atoms with Crippen LogP contribution < -0.4 is 9.62 Å². The molecule has 1 N–H and O–H groups in total. The summed E-state index contributed by atoms with van der Waals surface area (Å²) in [5.41, 5.74) is 1.42. The quantitative estimate of drug-likeness (QED) is 0.753. The third-order valence-electron chi connectivity index (χ3n) is 4.77. The van der Waals surface area contributed by atoms with E-state index in [2.05, 4.69) is 5.32 Å². The van der Waals surface area contributed by atoms with Gasteiger partial charge in [-0.3, -0.25) is 9.59 Å². The molecule has 154 valence electrons. The van der Waals surface area contributed by atoms with Gasteiger partial charge in [0.1, 0.15) is 0 Å². The first-order valence-electron chi connectivity index (χ1n) is 9.05. The Balaban J connectivity index is 1.75. The van der Waals surface area contributed by atoms with Crippen molar-refractivity contribution in [3.63, 3.8) is 0 Å². The van der Waals surface area contributed by atoms with Crippen molar-refractivity contribution < 1.29 is 18.0 Å². The number of nitrogens with zero attached hydrogens (tertiary/aromatic N) is 2. The fourth-order valence-corrected chi connectivity index (χ4v) is 4.95. The molecule has 1 aliphatic rings. The molecule has 2 aromatic rings. The van der Waals surface area contributed by atoms with E-state index in [0.29, 0.717) is 6.54 Å². The molecule has 1 aliphatic heterocycles. The van der Waals surface area contributed by atoms with Gasteiger partial charge in [-0.05, 0) is 37.9 Å². The molecule has 3 rings (SSSR count). The van der Waals surface area contributed by atoms with Crippen LogP contribution in [0.2, 0.25) is 5.02 Å². The lowest BCUT2D eigenvalue weighted by atomic mass is 10.1. The van der Waals surface area contributed by atoms with Crippen LogP contribution in [-0.2, 0) is 14.8 Å². The van der Waals surface area contributed by atoms with Gasteiger partial charge in [0, 0.05) is 13.0 Å². The predicted molar refractivity (Wildman–Crippen MR) is 113 cm³/mol. The van der Waals surface area contributed by atoms with E-state index in [1.54, 1.807) is 0 Å². The van der Waals surface area contributed by atoms with Gasteiger partial charge in [-0.25, -0.2) is 12.7 Å². The number of halogens is 1. The number of likely N-dealkylation sites (N-methyl/N-ethyl adjacent to an activating group) is 1. The van der Waals surface area contributed by atoms with Crippen molar-refractivity contribution in [2.24, 2.45) is 0 Å². The van der Waals surface area contributed by atoms with Crippen molar-refractivity contribution in [3.8, 4) is 0 Å². The first-order valence-corrected chi connectivity index (χ1v) is 11.0. The van der Waals surface area contributed by atoms with Gasteiger partial charge in [0.25, 0.3) is 5.91 Å².